The lowest BCUT2D eigenvalue weighted by Gasteiger charge is -2.28. The van der Waals surface area contributed by atoms with E-state index in [9.17, 15) is 19.2 Å². The third-order valence-electron chi connectivity index (χ3n) is 6.79. The zero-order chi connectivity index (χ0) is 25.3. The van der Waals surface area contributed by atoms with Crippen LogP contribution in [0.4, 0.5) is 0 Å². The number of carbonyl (C=O) groups excluding carboxylic acids is 4. The summed E-state index contributed by atoms with van der Waals surface area (Å²) >= 11 is 6.56. The van der Waals surface area contributed by atoms with E-state index in [0.29, 0.717) is 41.1 Å². The lowest BCUT2D eigenvalue weighted by atomic mass is 9.91. The molecule has 2 heterocycles. The van der Waals surface area contributed by atoms with Gasteiger partial charge in [0.25, 0.3) is 5.91 Å². The van der Waals surface area contributed by atoms with Gasteiger partial charge in [0.1, 0.15) is 23.5 Å². The number of carbonyl (C=O) groups is 4. The predicted molar refractivity (Wildman–Crippen MR) is 130 cm³/mol. The van der Waals surface area contributed by atoms with E-state index in [1.54, 1.807) is 22.8 Å². The first-order valence-corrected chi connectivity index (χ1v) is 12.1. The number of piperidine rings is 1. The van der Waals surface area contributed by atoms with Crippen molar-refractivity contribution < 1.29 is 23.9 Å². The average molecular weight is 504 g/mol. The zero-order valence-corrected chi connectivity index (χ0v) is 20.3. The first-order valence-electron chi connectivity index (χ1n) is 11.7. The van der Waals surface area contributed by atoms with E-state index < -0.39 is 35.7 Å². The molecule has 35 heavy (non-hydrogen) atoms. The Morgan fingerprint density at radius 3 is 2.54 bits per heavy atom. The molecule has 10 nitrogen and oxygen atoms in total. The third-order valence-corrected chi connectivity index (χ3v) is 7.08. The van der Waals surface area contributed by atoms with E-state index in [1.807, 2.05) is 0 Å². The van der Waals surface area contributed by atoms with Gasteiger partial charge in [-0.1, -0.05) is 24.4 Å². The predicted octanol–water partition coefficient (Wildman–Crippen LogP) is 1.63. The van der Waals surface area contributed by atoms with Gasteiger partial charge >= 0.3 is 0 Å². The molecule has 1 aliphatic heterocycles. The highest BCUT2D eigenvalue weighted by molar-refractivity contribution is 6.35. The number of nitrogens with two attached hydrogens (primary N) is 2. The smallest absolute Gasteiger partial charge is 0.265 e. The number of benzene rings is 1. The average Bonchev–Trinajstić information content (AvgIpc) is 3.55. The number of hydrogen-bond donors (Lipinski definition) is 4. The van der Waals surface area contributed by atoms with Crippen LogP contribution < -0.4 is 26.8 Å². The number of halogens is 1. The second-order valence-electron chi connectivity index (χ2n) is 9.34. The highest BCUT2D eigenvalue weighted by Crippen LogP contribution is 2.41. The number of fused-ring (bicyclic) bond motifs is 1. The summed E-state index contributed by atoms with van der Waals surface area (Å²) in [6.45, 7) is 0.592. The van der Waals surface area contributed by atoms with Crippen molar-refractivity contribution in [2.75, 3.05) is 13.7 Å². The highest BCUT2D eigenvalue weighted by atomic mass is 35.5. The number of aromatic nitrogens is 1. The molecule has 1 saturated carbocycles. The quantitative estimate of drug-likeness (QED) is 0.387. The summed E-state index contributed by atoms with van der Waals surface area (Å²) in [5.41, 5.74) is 11.9. The Labute approximate surface area is 207 Å². The molecule has 1 aliphatic carbocycles. The molecule has 3 atom stereocenters. The lowest BCUT2D eigenvalue weighted by molar-refractivity contribution is -0.132. The Morgan fingerprint density at radius 1 is 1.20 bits per heavy atom. The van der Waals surface area contributed by atoms with Gasteiger partial charge < -0.3 is 31.4 Å². The summed E-state index contributed by atoms with van der Waals surface area (Å²) in [5, 5.41) is 6.42. The highest BCUT2D eigenvalue weighted by Gasteiger charge is 2.36. The second kappa shape index (κ2) is 10.2. The maximum Gasteiger partial charge on any atom is 0.265 e. The number of primary amides is 2. The van der Waals surface area contributed by atoms with Crippen molar-refractivity contribution in [1.29, 1.82) is 0 Å². The Hall–Kier alpha value is -3.27. The molecule has 1 aromatic heterocycles. The molecule has 1 aromatic carbocycles. The molecule has 6 N–H and O–H groups in total. The fraction of sp³-hybridized carbons (Fsp3) is 0.500. The molecule has 2 aromatic rings. The third kappa shape index (κ3) is 5.37. The number of hydrogen-bond acceptors (Lipinski definition) is 5. The summed E-state index contributed by atoms with van der Waals surface area (Å²) in [6.07, 6.45) is 3.86. The number of rotatable bonds is 10. The minimum absolute atomic E-state index is 0.107. The molecule has 0 radical (unpaired) electrons. The summed E-state index contributed by atoms with van der Waals surface area (Å²) in [7, 11) is 1.50. The standard InChI is InChI=1S/C24H30ClN5O5/c1-35-15-8-14-10-18(22(27)32)30(20(14)16(25)11-15)19(7-12-4-5-12)24(34)29-17(21(26)31)9-13-3-2-6-28-23(13)33/h8,10-13,17,19H,2-7,9H2,1H3,(H2,26,31)(H2,27,32)(H,28,33)(H,29,34)/t13-,17-,19-/m0/s1. The van der Waals surface area contributed by atoms with Crippen LogP contribution in [0.25, 0.3) is 10.9 Å². The van der Waals surface area contributed by atoms with Crippen molar-refractivity contribution in [1.82, 2.24) is 15.2 Å². The minimum atomic E-state index is -1.03. The second-order valence-corrected chi connectivity index (χ2v) is 9.74. The molecular formula is C24H30ClN5O5. The number of ether oxygens (including phenoxy) is 1. The van der Waals surface area contributed by atoms with Crippen LogP contribution in [0.2, 0.25) is 5.02 Å². The van der Waals surface area contributed by atoms with Crippen molar-refractivity contribution in [3.8, 4) is 5.75 Å². The molecule has 4 amide bonds. The molecule has 0 bridgehead atoms. The Bertz CT molecular complexity index is 1170. The van der Waals surface area contributed by atoms with E-state index >= 15 is 0 Å². The summed E-state index contributed by atoms with van der Waals surface area (Å²) in [4.78, 5) is 50.5. The molecule has 1 saturated heterocycles. The van der Waals surface area contributed by atoms with Gasteiger partial charge in [0.2, 0.25) is 17.7 Å². The molecule has 11 heteroatoms. The van der Waals surface area contributed by atoms with Crippen LogP contribution >= 0.6 is 11.6 Å². The Kier molecular flexibility index (Phi) is 7.20. The van der Waals surface area contributed by atoms with Gasteiger partial charge in [-0.2, -0.15) is 0 Å². The molecule has 2 fully saturated rings. The fourth-order valence-corrected chi connectivity index (χ4v) is 5.09. The Balaban J connectivity index is 1.70. The summed E-state index contributed by atoms with van der Waals surface area (Å²) in [6, 6.07) is 3.01. The molecule has 2 aliphatic rings. The van der Waals surface area contributed by atoms with Crippen molar-refractivity contribution in [3.63, 3.8) is 0 Å². The molecular weight excluding hydrogens is 474 g/mol. The fourth-order valence-electron chi connectivity index (χ4n) is 4.79. The van der Waals surface area contributed by atoms with Gasteiger partial charge in [0.05, 0.1) is 17.6 Å². The number of methoxy groups -OCH3 is 1. The number of nitrogens with one attached hydrogen (secondary N) is 2. The van der Waals surface area contributed by atoms with Crippen LogP contribution in [-0.4, -0.2) is 47.9 Å². The monoisotopic (exact) mass is 503 g/mol. The van der Waals surface area contributed by atoms with Gasteiger partial charge in [0.15, 0.2) is 0 Å². The van der Waals surface area contributed by atoms with Gasteiger partial charge in [0, 0.05) is 23.9 Å². The van der Waals surface area contributed by atoms with E-state index in [-0.39, 0.29) is 23.9 Å². The van der Waals surface area contributed by atoms with E-state index in [0.717, 1.165) is 19.3 Å². The van der Waals surface area contributed by atoms with Crippen LogP contribution in [0.5, 0.6) is 5.75 Å². The first kappa shape index (κ1) is 24.8. The minimum Gasteiger partial charge on any atom is -0.497 e. The van der Waals surface area contributed by atoms with Crippen LogP contribution in [0.15, 0.2) is 18.2 Å². The molecule has 0 unspecified atom stereocenters. The van der Waals surface area contributed by atoms with Crippen molar-refractivity contribution in [2.45, 2.75) is 50.6 Å². The van der Waals surface area contributed by atoms with Crippen LogP contribution in [0.3, 0.4) is 0 Å². The topological polar surface area (TPSA) is 159 Å². The molecule has 4 rings (SSSR count). The van der Waals surface area contributed by atoms with Crippen molar-refractivity contribution >= 4 is 46.1 Å². The first-order chi connectivity index (χ1) is 16.7. The zero-order valence-electron chi connectivity index (χ0n) is 19.5. The molecule has 188 valence electrons. The lowest BCUT2D eigenvalue weighted by Crippen LogP contribution is -2.50. The number of amides is 4. The van der Waals surface area contributed by atoms with Crippen LogP contribution in [0, 0.1) is 11.8 Å². The SMILES string of the molecule is COc1cc(Cl)c2c(c1)cc(C(N)=O)n2[C@@H](CC1CC1)C(=O)N[C@@H](C[C@@H]1CCCNC1=O)C(N)=O. The molecule has 0 spiro atoms. The van der Waals surface area contributed by atoms with Crippen LogP contribution in [0.1, 0.15) is 55.1 Å². The maximum absolute atomic E-state index is 13.6. The summed E-state index contributed by atoms with van der Waals surface area (Å²) < 4.78 is 6.84. The van der Waals surface area contributed by atoms with Gasteiger partial charge in [-0.15, -0.1) is 0 Å². The van der Waals surface area contributed by atoms with Gasteiger partial charge in [-0.3, -0.25) is 19.2 Å². The van der Waals surface area contributed by atoms with Crippen LogP contribution in [-0.2, 0) is 14.4 Å². The number of nitrogens with zero attached hydrogens (tertiary/aromatic N) is 1. The van der Waals surface area contributed by atoms with Crippen molar-refractivity contribution in [3.05, 3.63) is 28.9 Å². The van der Waals surface area contributed by atoms with E-state index in [1.165, 1.54) is 7.11 Å². The van der Waals surface area contributed by atoms with E-state index in [4.69, 9.17) is 27.8 Å². The normalized spacial score (nSPS) is 19.6. The maximum atomic E-state index is 13.6. The van der Waals surface area contributed by atoms with Gasteiger partial charge in [-0.25, -0.2) is 0 Å². The van der Waals surface area contributed by atoms with Gasteiger partial charge in [-0.05, 0) is 43.7 Å². The van der Waals surface area contributed by atoms with Crippen molar-refractivity contribution in [2.24, 2.45) is 23.3 Å². The van der Waals surface area contributed by atoms with E-state index in [2.05, 4.69) is 10.6 Å². The summed E-state index contributed by atoms with van der Waals surface area (Å²) in [5.74, 6) is -1.70. The Morgan fingerprint density at radius 2 is 1.94 bits per heavy atom. The largest absolute Gasteiger partial charge is 0.497 e.